The van der Waals surface area contributed by atoms with E-state index in [0.717, 1.165) is 0 Å². The zero-order valence-electron chi connectivity index (χ0n) is 13.6. The number of piperidine rings is 1. The van der Waals surface area contributed by atoms with Crippen LogP contribution in [0.5, 0.6) is 0 Å². The molecule has 0 aromatic heterocycles. The number of esters is 1. The van der Waals surface area contributed by atoms with Crippen LogP contribution in [0.15, 0.2) is 12.2 Å². The molecule has 4 nitrogen and oxygen atoms in total. The Kier molecular flexibility index (Phi) is 4.67. The molecule has 0 bridgehead atoms. The summed E-state index contributed by atoms with van der Waals surface area (Å²) in [6.07, 6.45) is 1.62. The molecule has 1 rings (SSSR count). The van der Waals surface area contributed by atoms with Gasteiger partial charge in [-0.1, -0.05) is 13.5 Å². The van der Waals surface area contributed by atoms with E-state index in [-0.39, 0.29) is 29.1 Å². The molecular weight excluding hydrogens is 254 g/mol. The van der Waals surface area contributed by atoms with Gasteiger partial charge in [-0.3, -0.25) is 4.79 Å². The molecule has 0 aromatic rings. The van der Waals surface area contributed by atoms with E-state index in [0.29, 0.717) is 24.8 Å². The highest BCUT2D eigenvalue weighted by Crippen LogP contribution is 2.40. The quantitative estimate of drug-likeness (QED) is 0.590. The van der Waals surface area contributed by atoms with E-state index in [1.54, 1.807) is 6.92 Å². The largest absolute Gasteiger partial charge is 0.459 e. The van der Waals surface area contributed by atoms with Crippen molar-refractivity contribution in [2.75, 3.05) is 0 Å². The van der Waals surface area contributed by atoms with Gasteiger partial charge >= 0.3 is 5.97 Å². The standard InChI is InChI=1S/C16H27NO3/c1-8-13(18)17-15(4,5)9-12(10-16(17,6)7)20-14(19)11(2)3/h12H,2,8-10H2,1,3-7H3. The summed E-state index contributed by atoms with van der Waals surface area (Å²) in [5, 5.41) is 0. The first-order valence-electron chi connectivity index (χ1n) is 7.21. The van der Waals surface area contributed by atoms with Crippen LogP contribution in [-0.4, -0.2) is 34.0 Å². The van der Waals surface area contributed by atoms with Crippen molar-refractivity contribution < 1.29 is 14.3 Å². The Labute approximate surface area is 122 Å². The predicted octanol–water partition coefficient (Wildman–Crippen LogP) is 3.06. The van der Waals surface area contributed by atoms with Gasteiger partial charge in [0.2, 0.25) is 5.91 Å². The van der Waals surface area contributed by atoms with E-state index in [2.05, 4.69) is 6.58 Å². The molecule has 1 saturated heterocycles. The Morgan fingerprint density at radius 2 is 1.65 bits per heavy atom. The number of amides is 1. The Morgan fingerprint density at radius 3 is 2.00 bits per heavy atom. The van der Waals surface area contributed by atoms with E-state index < -0.39 is 0 Å². The molecule has 0 unspecified atom stereocenters. The van der Waals surface area contributed by atoms with Crippen LogP contribution in [0.4, 0.5) is 0 Å². The number of ether oxygens (including phenoxy) is 1. The molecule has 0 aromatic carbocycles. The third-order valence-electron chi connectivity index (χ3n) is 3.84. The lowest BCUT2D eigenvalue weighted by atomic mass is 9.77. The molecule has 0 N–H and O–H groups in total. The molecular formula is C16H27NO3. The maximum Gasteiger partial charge on any atom is 0.333 e. The van der Waals surface area contributed by atoms with Crippen LogP contribution in [-0.2, 0) is 14.3 Å². The van der Waals surface area contributed by atoms with E-state index in [9.17, 15) is 9.59 Å². The van der Waals surface area contributed by atoms with Crippen molar-refractivity contribution in [2.45, 2.75) is 78.0 Å². The van der Waals surface area contributed by atoms with Gasteiger partial charge in [0.25, 0.3) is 0 Å². The first-order chi connectivity index (χ1) is 9.01. The number of hydrogen-bond acceptors (Lipinski definition) is 3. The summed E-state index contributed by atoms with van der Waals surface area (Å²) in [7, 11) is 0. The molecule has 1 fully saturated rings. The Balaban J connectivity index is 2.95. The highest BCUT2D eigenvalue weighted by Gasteiger charge is 2.48. The van der Waals surface area contributed by atoms with Gasteiger partial charge in [-0.05, 0) is 34.6 Å². The van der Waals surface area contributed by atoms with E-state index in [1.165, 1.54) is 0 Å². The topological polar surface area (TPSA) is 46.6 Å². The highest BCUT2D eigenvalue weighted by atomic mass is 16.5. The average Bonchev–Trinajstić information content (AvgIpc) is 2.24. The number of carbonyl (C=O) groups is 2. The van der Waals surface area contributed by atoms with Crippen molar-refractivity contribution in [3.05, 3.63) is 12.2 Å². The third kappa shape index (κ3) is 3.41. The van der Waals surface area contributed by atoms with Crippen molar-refractivity contribution >= 4 is 11.9 Å². The molecule has 20 heavy (non-hydrogen) atoms. The van der Waals surface area contributed by atoms with Crippen LogP contribution in [0, 0.1) is 0 Å². The molecule has 0 spiro atoms. The second-order valence-electron chi connectivity index (χ2n) is 6.92. The van der Waals surface area contributed by atoms with Crippen LogP contribution in [0.2, 0.25) is 0 Å². The second-order valence-corrected chi connectivity index (χ2v) is 6.92. The normalized spacial score (nSPS) is 21.4. The van der Waals surface area contributed by atoms with Crippen LogP contribution in [0.25, 0.3) is 0 Å². The number of hydrogen-bond donors (Lipinski definition) is 0. The average molecular weight is 281 g/mol. The lowest BCUT2D eigenvalue weighted by Gasteiger charge is -2.54. The number of nitrogens with zero attached hydrogens (tertiary/aromatic N) is 1. The second kappa shape index (κ2) is 5.58. The molecule has 0 aliphatic carbocycles. The minimum absolute atomic E-state index is 0.143. The summed E-state index contributed by atoms with van der Waals surface area (Å²) in [5.41, 5.74) is -0.239. The third-order valence-corrected chi connectivity index (χ3v) is 3.84. The fourth-order valence-corrected chi connectivity index (χ4v) is 3.36. The summed E-state index contributed by atoms with van der Waals surface area (Å²) < 4.78 is 5.51. The van der Waals surface area contributed by atoms with E-state index in [1.807, 2.05) is 39.5 Å². The summed E-state index contributed by atoms with van der Waals surface area (Å²) in [5.74, 6) is -0.207. The Bertz CT molecular complexity index is 405. The monoisotopic (exact) mass is 281 g/mol. The molecule has 114 valence electrons. The maximum atomic E-state index is 12.2. The smallest absolute Gasteiger partial charge is 0.333 e. The van der Waals surface area contributed by atoms with E-state index in [4.69, 9.17) is 4.74 Å². The predicted molar refractivity (Wildman–Crippen MR) is 79.2 cm³/mol. The minimum atomic E-state index is -0.350. The Hall–Kier alpha value is -1.32. The van der Waals surface area contributed by atoms with Crippen molar-refractivity contribution in [1.82, 2.24) is 4.90 Å². The molecule has 1 heterocycles. The van der Waals surface area contributed by atoms with Crippen molar-refractivity contribution in [3.63, 3.8) is 0 Å². The number of rotatable bonds is 3. The molecule has 1 aliphatic heterocycles. The zero-order chi connectivity index (χ0) is 15.7. The van der Waals surface area contributed by atoms with Gasteiger partial charge < -0.3 is 9.64 Å². The van der Waals surface area contributed by atoms with Crippen LogP contribution < -0.4 is 0 Å². The lowest BCUT2D eigenvalue weighted by molar-refractivity contribution is -0.165. The van der Waals surface area contributed by atoms with Gasteiger partial charge in [0.1, 0.15) is 6.10 Å². The van der Waals surface area contributed by atoms with Gasteiger partial charge in [0, 0.05) is 35.9 Å². The number of carbonyl (C=O) groups excluding carboxylic acids is 2. The fraction of sp³-hybridized carbons (Fsp3) is 0.750. The fourth-order valence-electron chi connectivity index (χ4n) is 3.36. The SMILES string of the molecule is C=C(C)C(=O)OC1CC(C)(C)N(C(=O)CC)C(C)(C)C1. The van der Waals surface area contributed by atoms with Gasteiger partial charge in [-0.2, -0.15) is 0 Å². The van der Waals surface area contributed by atoms with Crippen molar-refractivity contribution in [2.24, 2.45) is 0 Å². The maximum absolute atomic E-state index is 12.2. The molecule has 4 heteroatoms. The summed E-state index contributed by atoms with van der Waals surface area (Å²) >= 11 is 0. The van der Waals surface area contributed by atoms with Crippen LogP contribution >= 0.6 is 0 Å². The lowest BCUT2D eigenvalue weighted by Crippen LogP contribution is -2.64. The summed E-state index contributed by atoms with van der Waals surface area (Å²) in [6, 6.07) is 0. The minimum Gasteiger partial charge on any atom is -0.459 e. The van der Waals surface area contributed by atoms with Crippen LogP contribution in [0.1, 0.15) is 60.8 Å². The Morgan fingerprint density at radius 1 is 1.20 bits per heavy atom. The van der Waals surface area contributed by atoms with Gasteiger partial charge in [-0.25, -0.2) is 4.79 Å². The molecule has 0 atom stereocenters. The summed E-state index contributed by atoms with van der Waals surface area (Å²) in [6.45, 7) is 15.3. The molecule has 0 saturated carbocycles. The molecule has 1 aliphatic rings. The van der Waals surface area contributed by atoms with E-state index >= 15 is 0 Å². The van der Waals surface area contributed by atoms with Gasteiger partial charge in [0.15, 0.2) is 0 Å². The van der Waals surface area contributed by atoms with Crippen molar-refractivity contribution in [1.29, 1.82) is 0 Å². The molecule has 1 amide bonds. The van der Waals surface area contributed by atoms with Gasteiger partial charge in [-0.15, -0.1) is 0 Å². The highest BCUT2D eigenvalue weighted by molar-refractivity contribution is 5.87. The van der Waals surface area contributed by atoms with Gasteiger partial charge in [0.05, 0.1) is 0 Å². The van der Waals surface area contributed by atoms with Crippen LogP contribution in [0.3, 0.4) is 0 Å². The summed E-state index contributed by atoms with van der Waals surface area (Å²) in [4.78, 5) is 25.9. The first kappa shape index (κ1) is 16.7. The number of likely N-dealkylation sites (tertiary alicyclic amines) is 1. The molecule has 0 radical (unpaired) electrons. The van der Waals surface area contributed by atoms with Crippen molar-refractivity contribution in [3.8, 4) is 0 Å². The zero-order valence-corrected chi connectivity index (χ0v) is 13.6. The first-order valence-corrected chi connectivity index (χ1v) is 7.21.